The molecule has 11 nitrogen and oxygen atoms in total. The molecule has 14 atom stereocenters. The lowest BCUT2D eigenvalue weighted by atomic mass is 9.34. The first kappa shape index (κ1) is 41.4. The van der Waals surface area contributed by atoms with E-state index in [2.05, 4.69) is 16.0 Å². The quantitative estimate of drug-likeness (QED) is 0.143. The highest BCUT2D eigenvalue weighted by atomic mass is 16.6. The van der Waals surface area contributed by atoms with E-state index in [9.17, 15) is 24.3 Å². The van der Waals surface area contributed by atoms with Crippen LogP contribution in [0.5, 0.6) is 0 Å². The van der Waals surface area contributed by atoms with Crippen molar-refractivity contribution in [3.8, 4) is 0 Å². The molecule has 3 amide bonds. The molecule has 56 heavy (non-hydrogen) atoms. The monoisotopic (exact) mass is 784 g/mol. The maximum Gasteiger partial charge on any atom is 0.408 e. The van der Waals surface area contributed by atoms with Gasteiger partial charge in [0.2, 0.25) is 0 Å². The van der Waals surface area contributed by atoms with Gasteiger partial charge in [-0.05, 0) is 197 Å². The number of aliphatic carboxylic acids is 1. The molecule has 9 rings (SSSR count). The molecule has 0 aromatic rings. The van der Waals surface area contributed by atoms with Crippen molar-refractivity contribution < 1.29 is 38.5 Å². The van der Waals surface area contributed by atoms with Gasteiger partial charge in [0.1, 0.15) is 16.8 Å². The number of alkyl carbamates (subject to hydrolysis) is 3. The minimum Gasteiger partial charge on any atom is -0.481 e. The van der Waals surface area contributed by atoms with Crippen molar-refractivity contribution in [3.63, 3.8) is 0 Å². The van der Waals surface area contributed by atoms with Crippen LogP contribution in [0.25, 0.3) is 0 Å². The summed E-state index contributed by atoms with van der Waals surface area (Å²) in [6.45, 7) is 17.7. The Labute approximate surface area is 335 Å². The van der Waals surface area contributed by atoms with Crippen LogP contribution in [0, 0.1) is 64.6 Å². The summed E-state index contributed by atoms with van der Waals surface area (Å²) < 4.78 is 17.9. The van der Waals surface area contributed by atoms with Crippen LogP contribution in [0.1, 0.15) is 159 Å². The Bertz CT molecular complexity index is 1530. The maximum atomic E-state index is 14.2. The van der Waals surface area contributed by atoms with E-state index in [0.717, 1.165) is 51.4 Å². The zero-order valence-electron chi connectivity index (χ0n) is 35.8. The fourth-order valence-electron chi connectivity index (χ4n) is 14.3. The molecule has 0 saturated heterocycles. The van der Waals surface area contributed by atoms with E-state index in [0.29, 0.717) is 67.6 Å². The van der Waals surface area contributed by atoms with Crippen LogP contribution in [-0.4, -0.2) is 63.8 Å². The van der Waals surface area contributed by atoms with Gasteiger partial charge in [-0.15, -0.1) is 0 Å². The normalized spacial score (nSPS) is 41.2. The van der Waals surface area contributed by atoms with E-state index in [1.807, 2.05) is 62.3 Å². The van der Waals surface area contributed by atoms with Crippen LogP contribution >= 0.6 is 0 Å². The Hall–Kier alpha value is -2.72. The van der Waals surface area contributed by atoms with Crippen LogP contribution in [0.3, 0.4) is 0 Å². The number of ether oxygens (including phenoxy) is 3. The molecule has 4 N–H and O–H groups in total. The average molecular weight is 784 g/mol. The molecule has 8 bridgehead atoms. The van der Waals surface area contributed by atoms with Crippen LogP contribution in [0.4, 0.5) is 14.4 Å². The molecule has 9 aliphatic carbocycles. The standard InChI is InChI=1S/C45H73N3O8/c1-10-41(4,5)54-38(51)46-30-13-14-31(37(49)50)32(20-30)35-29-17-26-21-44(23-29,24-45(35,22-26)48-40(53)56-43(8,9)12-3)34-27-15-25-16-28(19-27)36(33(34)18-25)47-39(52)55-42(6,7)11-2/h25-36H,10-24H2,1-9H3,(H,46,51)(H,47,52)(H,48,53)(H,49,50). The lowest BCUT2D eigenvalue weighted by molar-refractivity contribution is -0.214. The lowest BCUT2D eigenvalue weighted by Crippen LogP contribution is -2.74. The number of carboxylic acid groups (broad SMARTS) is 1. The van der Waals surface area contributed by atoms with Crippen LogP contribution in [0.15, 0.2) is 0 Å². The largest absolute Gasteiger partial charge is 0.481 e. The second kappa shape index (κ2) is 14.8. The third-order valence-corrected chi connectivity index (χ3v) is 16.9. The Morgan fingerprint density at radius 1 is 0.625 bits per heavy atom. The minimum atomic E-state index is -0.787. The van der Waals surface area contributed by atoms with E-state index in [-0.39, 0.29) is 41.3 Å². The number of carbonyl (C=O) groups excluding carboxylic acids is 3. The summed E-state index contributed by atoms with van der Waals surface area (Å²) in [7, 11) is 0. The van der Waals surface area contributed by atoms with E-state index in [1.165, 1.54) is 12.8 Å². The molecule has 9 aliphatic rings. The van der Waals surface area contributed by atoms with E-state index >= 15 is 0 Å². The zero-order valence-corrected chi connectivity index (χ0v) is 35.8. The summed E-state index contributed by atoms with van der Waals surface area (Å²) in [5.74, 6) is 1.54. The highest BCUT2D eigenvalue weighted by Gasteiger charge is 2.70. The van der Waals surface area contributed by atoms with Gasteiger partial charge in [-0.1, -0.05) is 20.8 Å². The van der Waals surface area contributed by atoms with Crippen molar-refractivity contribution in [1.82, 2.24) is 16.0 Å². The molecule has 9 fully saturated rings. The predicted molar refractivity (Wildman–Crippen MR) is 213 cm³/mol. The van der Waals surface area contributed by atoms with Crippen LogP contribution in [-0.2, 0) is 19.0 Å². The minimum absolute atomic E-state index is 0.0222. The Balaban J connectivity index is 1.22. The van der Waals surface area contributed by atoms with Gasteiger partial charge in [0.15, 0.2) is 0 Å². The maximum absolute atomic E-state index is 14.2. The lowest BCUT2D eigenvalue weighted by Gasteiger charge is -2.73. The average Bonchev–Trinajstić information content (AvgIpc) is 3.08. The predicted octanol–water partition coefficient (Wildman–Crippen LogP) is 9.22. The van der Waals surface area contributed by atoms with Crippen molar-refractivity contribution >= 4 is 24.2 Å². The van der Waals surface area contributed by atoms with Gasteiger partial charge in [0, 0.05) is 17.6 Å². The van der Waals surface area contributed by atoms with Gasteiger partial charge in [-0.2, -0.15) is 0 Å². The molecular formula is C45H73N3O8. The SMILES string of the molecule is CCC(C)(C)OC(=O)NC1CCC(C(=O)O)C(C2C3CC4CC(C5C6CC7CC(C6)C(NC(=O)OC(C)(C)CC)C5C7)(C3)CC2(NC(=O)OC(C)(C)CC)C4)C1. The molecule has 9 saturated carbocycles. The van der Waals surface area contributed by atoms with Gasteiger partial charge in [0.05, 0.1) is 5.92 Å². The van der Waals surface area contributed by atoms with E-state index in [1.54, 1.807) is 0 Å². The second-order valence-corrected chi connectivity index (χ2v) is 21.8. The van der Waals surface area contributed by atoms with Crippen molar-refractivity contribution in [2.24, 2.45) is 64.6 Å². The number of amides is 3. The summed E-state index contributed by atoms with van der Waals surface area (Å²) in [5, 5.41) is 20.9. The summed E-state index contributed by atoms with van der Waals surface area (Å²) >= 11 is 0. The zero-order chi connectivity index (χ0) is 40.6. The van der Waals surface area contributed by atoms with Crippen molar-refractivity contribution in [2.75, 3.05) is 0 Å². The first-order valence-corrected chi connectivity index (χ1v) is 22.4. The van der Waals surface area contributed by atoms with Gasteiger partial charge < -0.3 is 35.3 Å². The van der Waals surface area contributed by atoms with Gasteiger partial charge in [-0.25, -0.2) is 14.4 Å². The van der Waals surface area contributed by atoms with Crippen LogP contribution < -0.4 is 16.0 Å². The third kappa shape index (κ3) is 7.88. The third-order valence-electron chi connectivity index (χ3n) is 16.9. The number of nitrogens with one attached hydrogen (secondary N) is 3. The molecular weight excluding hydrogens is 711 g/mol. The van der Waals surface area contributed by atoms with Gasteiger partial charge in [0.25, 0.3) is 0 Å². The summed E-state index contributed by atoms with van der Waals surface area (Å²) in [6.07, 6.45) is 12.0. The van der Waals surface area contributed by atoms with E-state index in [4.69, 9.17) is 14.2 Å². The Morgan fingerprint density at radius 3 is 1.84 bits per heavy atom. The number of hydrogen-bond acceptors (Lipinski definition) is 7. The highest BCUT2D eigenvalue weighted by molar-refractivity contribution is 5.72. The van der Waals surface area contributed by atoms with Crippen molar-refractivity contribution in [1.29, 1.82) is 0 Å². The van der Waals surface area contributed by atoms with Crippen molar-refractivity contribution in [3.05, 3.63) is 0 Å². The first-order valence-electron chi connectivity index (χ1n) is 22.4. The summed E-state index contributed by atoms with van der Waals surface area (Å²) in [4.78, 5) is 54.0. The number of carbonyl (C=O) groups is 4. The molecule has 0 aromatic carbocycles. The summed E-state index contributed by atoms with van der Waals surface area (Å²) in [5.41, 5.74) is -2.42. The number of rotatable bonds is 12. The number of carboxylic acids is 1. The van der Waals surface area contributed by atoms with Gasteiger partial charge in [-0.3, -0.25) is 4.79 Å². The molecule has 316 valence electrons. The molecule has 0 spiro atoms. The Kier molecular flexibility index (Phi) is 11.0. The smallest absolute Gasteiger partial charge is 0.408 e. The van der Waals surface area contributed by atoms with E-state index < -0.39 is 46.4 Å². The van der Waals surface area contributed by atoms with Crippen molar-refractivity contribution in [2.45, 2.75) is 193 Å². The molecule has 14 unspecified atom stereocenters. The molecule has 0 aliphatic heterocycles. The number of hydrogen-bond donors (Lipinski definition) is 4. The molecule has 11 heteroatoms. The Morgan fingerprint density at radius 2 is 1.21 bits per heavy atom. The topological polar surface area (TPSA) is 152 Å². The molecule has 0 radical (unpaired) electrons. The second-order valence-electron chi connectivity index (χ2n) is 21.8. The fourth-order valence-corrected chi connectivity index (χ4v) is 14.3. The van der Waals surface area contributed by atoms with Crippen LogP contribution in [0.2, 0.25) is 0 Å². The first-order chi connectivity index (χ1) is 26.2. The van der Waals surface area contributed by atoms with Gasteiger partial charge >= 0.3 is 24.2 Å². The molecule has 0 heterocycles. The fraction of sp³-hybridized carbons (Fsp3) is 0.911. The summed E-state index contributed by atoms with van der Waals surface area (Å²) in [6, 6.07) is -0.131. The molecule has 0 aromatic heterocycles. The highest BCUT2D eigenvalue weighted by Crippen LogP contribution is 2.73.